The van der Waals surface area contributed by atoms with Crippen LogP contribution in [0.25, 0.3) is 11.1 Å². The van der Waals surface area contributed by atoms with Gasteiger partial charge in [0.05, 0.1) is 0 Å². The smallest absolute Gasteiger partial charge is 0.412 e. The molecule has 9 heteroatoms. The van der Waals surface area contributed by atoms with Crippen LogP contribution in [-0.4, -0.2) is 52.7 Å². The van der Waals surface area contributed by atoms with Crippen molar-refractivity contribution in [3.05, 3.63) is 83.6 Å². The Morgan fingerprint density at radius 1 is 1.00 bits per heavy atom. The summed E-state index contributed by atoms with van der Waals surface area (Å²) in [4.78, 5) is 40.5. The molecule has 2 amide bonds. The van der Waals surface area contributed by atoms with Crippen LogP contribution >= 0.6 is 11.8 Å². The molecule has 0 unspecified atom stereocenters. The second-order valence-corrected chi connectivity index (χ2v) is 8.99. The number of anilines is 1. The van der Waals surface area contributed by atoms with Gasteiger partial charge < -0.3 is 15.2 Å². The van der Waals surface area contributed by atoms with E-state index in [1.807, 2.05) is 42.7 Å². The maximum absolute atomic E-state index is 12.5. The summed E-state index contributed by atoms with van der Waals surface area (Å²) in [5, 5.41) is 14.3. The first-order chi connectivity index (χ1) is 17.0. The van der Waals surface area contributed by atoms with E-state index in [4.69, 9.17) is 4.74 Å². The first-order valence-corrected chi connectivity index (χ1v) is 12.5. The highest BCUT2D eigenvalue weighted by Gasteiger charge is 2.29. The van der Waals surface area contributed by atoms with Crippen molar-refractivity contribution in [2.75, 3.05) is 23.9 Å². The van der Waals surface area contributed by atoms with E-state index in [9.17, 15) is 19.5 Å². The Bertz CT molecular complexity index is 1200. The molecule has 0 aliphatic heterocycles. The van der Waals surface area contributed by atoms with Crippen molar-refractivity contribution in [1.82, 2.24) is 10.3 Å². The molecule has 0 saturated carbocycles. The number of benzene rings is 2. The lowest BCUT2D eigenvalue weighted by Gasteiger charge is -2.15. The average Bonchev–Trinajstić information content (AvgIpc) is 3.19. The highest BCUT2D eigenvalue weighted by atomic mass is 32.2. The van der Waals surface area contributed by atoms with Gasteiger partial charge in [-0.1, -0.05) is 54.6 Å². The van der Waals surface area contributed by atoms with Gasteiger partial charge in [0.1, 0.15) is 24.2 Å². The number of hydrogen-bond donors (Lipinski definition) is 3. The number of aromatic nitrogens is 1. The molecular weight excluding hydrogens is 466 g/mol. The number of ether oxygens (including phenoxy) is 1. The van der Waals surface area contributed by atoms with Crippen LogP contribution in [0, 0.1) is 0 Å². The van der Waals surface area contributed by atoms with E-state index in [2.05, 4.69) is 27.8 Å². The van der Waals surface area contributed by atoms with E-state index in [1.165, 1.54) is 23.9 Å². The van der Waals surface area contributed by atoms with Gasteiger partial charge in [0.25, 0.3) is 5.91 Å². The lowest BCUT2D eigenvalue weighted by Crippen LogP contribution is -2.41. The predicted molar refractivity (Wildman–Crippen MR) is 135 cm³/mol. The minimum absolute atomic E-state index is 0.00292. The number of rotatable bonds is 9. The van der Waals surface area contributed by atoms with Crippen LogP contribution in [0.5, 0.6) is 0 Å². The zero-order chi connectivity index (χ0) is 24.8. The van der Waals surface area contributed by atoms with Gasteiger partial charge in [0.15, 0.2) is 0 Å². The fourth-order valence-corrected chi connectivity index (χ4v) is 4.57. The number of pyridine rings is 1. The number of amides is 2. The summed E-state index contributed by atoms with van der Waals surface area (Å²) in [7, 11) is 0. The largest absolute Gasteiger partial charge is 0.480 e. The third-order valence-electron chi connectivity index (χ3n) is 5.77. The number of aliphatic carboxylic acids is 1. The van der Waals surface area contributed by atoms with Gasteiger partial charge in [-0.05, 0) is 52.8 Å². The van der Waals surface area contributed by atoms with Crippen LogP contribution in [-0.2, 0) is 9.53 Å². The molecule has 0 bridgehead atoms. The van der Waals surface area contributed by atoms with Crippen molar-refractivity contribution < 1.29 is 24.2 Å². The van der Waals surface area contributed by atoms with E-state index in [0.717, 1.165) is 22.3 Å². The summed E-state index contributed by atoms with van der Waals surface area (Å²) in [5.74, 6) is -1.10. The summed E-state index contributed by atoms with van der Waals surface area (Å²) in [6.07, 6.45) is 1.46. The van der Waals surface area contributed by atoms with Gasteiger partial charge in [-0.15, -0.1) is 0 Å². The molecule has 0 fully saturated rings. The van der Waals surface area contributed by atoms with Crippen LogP contribution in [0.1, 0.15) is 34.0 Å². The number of carboxylic acid groups (broad SMARTS) is 1. The van der Waals surface area contributed by atoms with Crippen LogP contribution in [0.4, 0.5) is 10.6 Å². The van der Waals surface area contributed by atoms with Crippen LogP contribution < -0.4 is 10.6 Å². The van der Waals surface area contributed by atoms with Gasteiger partial charge in [-0.25, -0.2) is 14.6 Å². The normalized spacial score (nSPS) is 12.8. The minimum Gasteiger partial charge on any atom is -0.480 e. The Kier molecular flexibility index (Phi) is 7.67. The van der Waals surface area contributed by atoms with Crippen LogP contribution in [0.3, 0.4) is 0 Å². The molecule has 0 radical (unpaired) electrons. The van der Waals surface area contributed by atoms with Crippen molar-refractivity contribution in [3.63, 3.8) is 0 Å². The molecule has 4 rings (SSSR count). The molecule has 35 heavy (non-hydrogen) atoms. The molecule has 8 nitrogen and oxygen atoms in total. The van der Waals surface area contributed by atoms with Gasteiger partial charge >= 0.3 is 12.1 Å². The van der Waals surface area contributed by atoms with Crippen molar-refractivity contribution >= 4 is 35.5 Å². The third kappa shape index (κ3) is 5.63. The number of carbonyl (C=O) groups is 3. The summed E-state index contributed by atoms with van der Waals surface area (Å²) in [6.45, 7) is 0.149. The maximum atomic E-state index is 12.5. The topological polar surface area (TPSA) is 118 Å². The standard InChI is InChI=1S/C26H25N3O5S/c1-35-14-13-22(25(31)32)28-24(30)21-11-6-12-23(27-21)29-26(33)34-15-20-18-9-4-2-7-16(18)17-8-3-5-10-19(17)20/h2-12,20,22H,13-15H2,1H3,(H,28,30)(H,31,32)(H,27,29,33)/t22-/m0/s1. The summed E-state index contributed by atoms with van der Waals surface area (Å²) in [5.41, 5.74) is 4.47. The first kappa shape index (κ1) is 24.3. The van der Waals surface area contributed by atoms with E-state index >= 15 is 0 Å². The van der Waals surface area contributed by atoms with E-state index in [1.54, 1.807) is 6.07 Å². The summed E-state index contributed by atoms with van der Waals surface area (Å²) in [6, 6.07) is 19.6. The molecule has 1 atom stereocenters. The SMILES string of the molecule is CSCC[C@H](NC(=O)c1cccc(NC(=O)OCC2c3ccccc3-c3ccccc32)n1)C(=O)O. The van der Waals surface area contributed by atoms with Crippen molar-refractivity contribution in [1.29, 1.82) is 0 Å². The van der Waals surface area contributed by atoms with E-state index in [-0.39, 0.29) is 24.0 Å². The zero-order valence-electron chi connectivity index (χ0n) is 19.1. The van der Waals surface area contributed by atoms with Gasteiger partial charge in [0, 0.05) is 5.92 Å². The number of hydrogen-bond acceptors (Lipinski definition) is 6. The molecule has 2 aromatic carbocycles. The van der Waals surface area contributed by atoms with Crippen LogP contribution in [0.15, 0.2) is 66.7 Å². The van der Waals surface area contributed by atoms with Crippen molar-refractivity contribution in [3.8, 4) is 11.1 Å². The Hall–Kier alpha value is -3.85. The van der Waals surface area contributed by atoms with Crippen molar-refractivity contribution in [2.24, 2.45) is 0 Å². The minimum atomic E-state index is -1.11. The number of nitrogens with zero attached hydrogens (tertiary/aromatic N) is 1. The second-order valence-electron chi connectivity index (χ2n) is 8.00. The number of nitrogens with one attached hydrogen (secondary N) is 2. The molecule has 1 aliphatic carbocycles. The van der Waals surface area contributed by atoms with Gasteiger partial charge in [0.2, 0.25) is 0 Å². The van der Waals surface area contributed by atoms with E-state index < -0.39 is 24.0 Å². The summed E-state index contributed by atoms with van der Waals surface area (Å²) >= 11 is 1.49. The molecule has 180 valence electrons. The van der Waals surface area contributed by atoms with Gasteiger partial charge in [-0.2, -0.15) is 11.8 Å². The Balaban J connectivity index is 1.38. The number of thioether (sulfide) groups is 1. The molecule has 1 heterocycles. The second kappa shape index (κ2) is 11.1. The van der Waals surface area contributed by atoms with E-state index in [0.29, 0.717) is 12.2 Å². The molecule has 1 aliphatic rings. The fraction of sp³-hybridized carbons (Fsp3) is 0.231. The molecule has 0 spiro atoms. The lowest BCUT2D eigenvalue weighted by atomic mass is 9.98. The Labute approximate surface area is 207 Å². The first-order valence-electron chi connectivity index (χ1n) is 11.1. The number of carbonyl (C=O) groups excluding carboxylic acids is 2. The van der Waals surface area contributed by atoms with Crippen molar-refractivity contribution in [2.45, 2.75) is 18.4 Å². The Morgan fingerprint density at radius 3 is 2.29 bits per heavy atom. The average molecular weight is 492 g/mol. The Morgan fingerprint density at radius 2 is 1.66 bits per heavy atom. The fourth-order valence-electron chi connectivity index (χ4n) is 4.10. The zero-order valence-corrected chi connectivity index (χ0v) is 19.9. The highest BCUT2D eigenvalue weighted by molar-refractivity contribution is 7.98. The maximum Gasteiger partial charge on any atom is 0.412 e. The monoisotopic (exact) mass is 491 g/mol. The predicted octanol–water partition coefficient (Wildman–Crippen LogP) is 4.38. The van der Waals surface area contributed by atoms with Gasteiger partial charge in [-0.3, -0.25) is 10.1 Å². The molecule has 1 aromatic heterocycles. The quantitative estimate of drug-likeness (QED) is 0.407. The molecule has 3 N–H and O–H groups in total. The third-order valence-corrected chi connectivity index (χ3v) is 6.41. The number of carboxylic acids is 1. The molecule has 0 saturated heterocycles. The van der Waals surface area contributed by atoms with Crippen LogP contribution in [0.2, 0.25) is 0 Å². The highest BCUT2D eigenvalue weighted by Crippen LogP contribution is 2.44. The number of fused-ring (bicyclic) bond motifs is 3. The molecule has 3 aromatic rings. The lowest BCUT2D eigenvalue weighted by molar-refractivity contribution is -0.139. The molecular formula is C26H25N3O5S. The summed E-state index contributed by atoms with van der Waals surface area (Å²) < 4.78 is 5.51.